The molecule has 3 aromatic heterocycles. The highest BCUT2D eigenvalue weighted by atomic mass is 19.1. The summed E-state index contributed by atoms with van der Waals surface area (Å²) in [6.45, 7) is 4.28. The van der Waals surface area contributed by atoms with Crippen molar-refractivity contribution in [3.63, 3.8) is 0 Å². The van der Waals surface area contributed by atoms with Crippen LogP contribution in [0.2, 0.25) is 0 Å². The molecule has 166 valence electrons. The van der Waals surface area contributed by atoms with Crippen molar-refractivity contribution in [3.05, 3.63) is 75.8 Å². The summed E-state index contributed by atoms with van der Waals surface area (Å²) < 4.78 is 33.9. The summed E-state index contributed by atoms with van der Waals surface area (Å²) in [5, 5.41) is 14.8. The molecule has 0 unspecified atom stereocenters. The fourth-order valence-corrected chi connectivity index (χ4v) is 5.77. The molecular weight excluding hydrogens is 430 g/mol. The van der Waals surface area contributed by atoms with Crippen LogP contribution >= 0.6 is 0 Å². The Balaban J connectivity index is 1.53. The van der Waals surface area contributed by atoms with Gasteiger partial charge < -0.3 is 4.42 Å². The summed E-state index contributed by atoms with van der Waals surface area (Å²) in [5.41, 5.74) is 1.71. The van der Waals surface area contributed by atoms with Gasteiger partial charge in [-0.3, -0.25) is 4.98 Å². The van der Waals surface area contributed by atoms with Crippen LogP contribution in [-0.2, 0) is 5.41 Å². The topological polar surface area (TPSA) is 110 Å². The molecule has 2 bridgehead atoms. The summed E-state index contributed by atoms with van der Waals surface area (Å²) in [4.78, 5) is 20.5. The van der Waals surface area contributed by atoms with Crippen LogP contribution in [0, 0.1) is 17.0 Å². The number of hydrogen-bond acceptors (Lipinski definition) is 7. The Morgan fingerprint density at radius 1 is 1.12 bits per heavy atom. The van der Waals surface area contributed by atoms with Crippen molar-refractivity contribution in [2.45, 2.75) is 38.0 Å². The van der Waals surface area contributed by atoms with Gasteiger partial charge in [0.15, 0.2) is 0 Å². The lowest BCUT2D eigenvalue weighted by Gasteiger charge is -2.37. The van der Waals surface area contributed by atoms with Gasteiger partial charge in [0, 0.05) is 6.20 Å². The lowest BCUT2D eigenvalue weighted by Crippen LogP contribution is -2.38. The van der Waals surface area contributed by atoms with Gasteiger partial charge in [-0.05, 0) is 47.9 Å². The molecule has 8 nitrogen and oxygen atoms in total. The molecule has 2 aliphatic rings. The second-order valence-corrected chi connectivity index (χ2v) is 9.06. The van der Waals surface area contributed by atoms with Crippen LogP contribution in [0.3, 0.4) is 0 Å². The predicted molar refractivity (Wildman–Crippen MR) is 112 cm³/mol. The molecular formula is C23H18F2N6O2. The quantitative estimate of drug-likeness (QED) is 0.508. The van der Waals surface area contributed by atoms with Crippen molar-refractivity contribution < 1.29 is 13.2 Å². The zero-order valence-electron chi connectivity index (χ0n) is 17.8. The second kappa shape index (κ2) is 6.60. The zero-order valence-corrected chi connectivity index (χ0v) is 17.8. The van der Waals surface area contributed by atoms with Gasteiger partial charge in [0.05, 0.1) is 34.3 Å². The minimum absolute atomic E-state index is 0.0489. The maximum Gasteiger partial charge on any atom is 0.434 e. The van der Waals surface area contributed by atoms with Crippen molar-refractivity contribution in [2.24, 2.45) is 5.41 Å². The number of nitrogens with one attached hydrogen (secondary N) is 1. The summed E-state index contributed by atoms with van der Waals surface area (Å²) >= 11 is 0. The zero-order chi connectivity index (χ0) is 23.0. The van der Waals surface area contributed by atoms with Crippen LogP contribution in [0.15, 0.2) is 45.9 Å². The van der Waals surface area contributed by atoms with Crippen LogP contribution in [0.4, 0.5) is 8.78 Å². The molecule has 10 heteroatoms. The van der Waals surface area contributed by atoms with E-state index in [0.29, 0.717) is 11.4 Å². The maximum atomic E-state index is 14.4. The Kier molecular flexibility index (Phi) is 3.96. The first-order valence-electron chi connectivity index (χ1n) is 10.5. The fourth-order valence-electron chi connectivity index (χ4n) is 5.77. The van der Waals surface area contributed by atoms with E-state index in [4.69, 9.17) is 9.40 Å². The molecule has 1 fully saturated rings. The normalized spacial score (nSPS) is 22.5. The van der Waals surface area contributed by atoms with E-state index in [2.05, 4.69) is 39.2 Å². The molecule has 1 aromatic carbocycles. The van der Waals surface area contributed by atoms with Crippen molar-refractivity contribution in [1.29, 1.82) is 0 Å². The molecule has 1 N–H and O–H groups in total. The first kappa shape index (κ1) is 19.8. The van der Waals surface area contributed by atoms with E-state index >= 15 is 0 Å². The average molecular weight is 448 g/mol. The van der Waals surface area contributed by atoms with Gasteiger partial charge in [0.1, 0.15) is 17.3 Å². The SMILES string of the molecule is CC1(C)[C@H]2CC[C@]1(c1cncc(-c3n[nH]c(=O)o3)n1)c1nnc(-c3c(F)cccc3F)cc12. The first-order valence-corrected chi connectivity index (χ1v) is 10.5. The van der Waals surface area contributed by atoms with E-state index in [1.807, 2.05) is 0 Å². The molecule has 0 amide bonds. The number of benzene rings is 1. The standard InChI is InChI=1S/C23H18F2N6O2/c1-22(2)12-6-7-23(22,17-10-26-9-16(27-17)20-30-31-21(32)33-20)19-11(12)8-15(28-29-19)18-13(24)4-3-5-14(18)25/h3-5,8-10,12H,6-7H2,1-2H3,(H,31,32)/t12-,23-/m0/s1. The molecule has 0 spiro atoms. The van der Waals surface area contributed by atoms with Crippen molar-refractivity contribution in [2.75, 3.05) is 0 Å². The largest absolute Gasteiger partial charge is 0.434 e. The van der Waals surface area contributed by atoms with E-state index < -0.39 is 22.8 Å². The Bertz CT molecular complexity index is 1460. The smallest absolute Gasteiger partial charge is 0.386 e. The van der Waals surface area contributed by atoms with Crippen LogP contribution in [0.25, 0.3) is 22.8 Å². The lowest BCUT2D eigenvalue weighted by atomic mass is 9.66. The van der Waals surface area contributed by atoms with Crippen LogP contribution in [-0.4, -0.2) is 30.4 Å². The highest BCUT2D eigenvalue weighted by molar-refractivity contribution is 5.64. The summed E-state index contributed by atoms with van der Waals surface area (Å²) in [7, 11) is 0. The van der Waals surface area contributed by atoms with E-state index in [9.17, 15) is 13.6 Å². The number of nitrogens with zero attached hydrogens (tertiary/aromatic N) is 5. The number of H-pyrrole nitrogens is 1. The highest BCUT2D eigenvalue weighted by Gasteiger charge is 2.65. The summed E-state index contributed by atoms with van der Waals surface area (Å²) in [5.74, 6) is -1.89. The van der Waals surface area contributed by atoms with E-state index in [-0.39, 0.29) is 28.5 Å². The summed E-state index contributed by atoms with van der Waals surface area (Å²) in [6.07, 6.45) is 4.78. The van der Waals surface area contributed by atoms with Gasteiger partial charge in [0.2, 0.25) is 0 Å². The van der Waals surface area contributed by atoms with Gasteiger partial charge in [-0.1, -0.05) is 19.9 Å². The minimum atomic E-state index is -0.680. The Labute approximate surface area is 186 Å². The monoisotopic (exact) mass is 448 g/mol. The van der Waals surface area contributed by atoms with Crippen molar-refractivity contribution >= 4 is 0 Å². The third kappa shape index (κ3) is 2.54. The third-order valence-electron chi connectivity index (χ3n) is 7.33. The Morgan fingerprint density at radius 2 is 1.91 bits per heavy atom. The Hall–Kier alpha value is -3.82. The average Bonchev–Trinajstić information content (AvgIpc) is 3.40. The van der Waals surface area contributed by atoms with Gasteiger partial charge in [-0.2, -0.15) is 5.10 Å². The number of hydrogen-bond donors (Lipinski definition) is 1. The predicted octanol–water partition coefficient (Wildman–Crippen LogP) is 3.76. The lowest BCUT2D eigenvalue weighted by molar-refractivity contribution is 0.242. The second-order valence-electron chi connectivity index (χ2n) is 9.06. The number of halogens is 2. The molecule has 1 saturated carbocycles. The highest BCUT2D eigenvalue weighted by Crippen LogP contribution is 2.69. The van der Waals surface area contributed by atoms with Crippen LogP contribution < -0.4 is 5.76 Å². The van der Waals surface area contributed by atoms with Gasteiger partial charge >= 0.3 is 5.76 Å². The number of rotatable bonds is 3. The first-order chi connectivity index (χ1) is 15.8. The molecule has 0 aliphatic heterocycles. The number of aromatic nitrogens is 6. The van der Waals surface area contributed by atoms with Crippen molar-refractivity contribution in [1.82, 2.24) is 30.4 Å². The van der Waals surface area contributed by atoms with E-state index in [1.54, 1.807) is 12.3 Å². The van der Waals surface area contributed by atoms with Crippen molar-refractivity contribution in [3.8, 4) is 22.8 Å². The van der Waals surface area contributed by atoms with Gasteiger partial charge in [0.25, 0.3) is 5.89 Å². The van der Waals surface area contributed by atoms with Gasteiger partial charge in [-0.25, -0.2) is 23.7 Å². The molecule has 6 rings (SSSR count). The van der Waals surface area contributed by atoms with Crippen LogP contribution in [0.5, 0.6) is 0 Å². The van der Waals surface area contributed by atoms with Gasteiger partial charge in [-0.15, -0.1) is 10.2 Å². The number of fused-ring (bicyclic) bond motifs is 5. The third-order valence-corrected chi connectivity index (χ3v) is 7.33. The number of aromatic amines is 1. The Morgan fingerprint density at radius 3 is 2.64 bits per heavy atom. The van der Waals surface area contributed by atoms with E-state index in [1.165, 1.54) is 24.4 Å². The molecule has 0 radical (unpaired) electrons. The molecule has 3 heterocycles. The molecule has 4 aromatic rings. The maximum absolute atomic E-state index is 14.4. The summed E-state index contributed by atoms with van der Waals surface area (Å²) in [6, 6.07) is 5.49. The molecule has 0 saturated heterocycles. The van der Waals surface area contributed by atoms with E-state index in [0.717, 1.165) is 24.1 Å². The molecule has 2 atom stereocenters. The molecule has 33 heavy (non-hydrogen) atoms. The van der Waals surface area contributed by atoms with Crippen LogP contribution in [0.1, 0.15) is 49.6 Å². The minimum Gasteiger partial charge on any atom is -0.386 e. The fraction of sp³-hybridized carbons (Fsp3) is 0.304. The molecule has 2 aliphatic carbocycles.